The zero-order valence-electron chi connectivity index (χ0n) is 15.9. The molecule has 0 unspecified atom stereocenters. The molecule has 5 nitrogen and oxygen atoms in total. The van der Waals surface area contributed by atoms with Gasteiger partial charge in [0.2, 0.25) is 5.91 Å². The van der Waals surface area contributed by atoms with Gasteiger partial charge in [-0.05, 0) is 41.3 Å². The lowest BCUT2D eigenvalue weighted by Gasteiger charge is -2.19. The zero-order chi connectivity index (χ0) is 19.9. The van der Waals surface area contributed by atoms with Crippen LogP contribution in [0.1, 0.15) is 15.2 Å². The van der Waals surface area contributed by atoms with E-state index in [9.17, 15) is 9.59 Å². The molecule has 1 heterocycles. The van der Waals surface area contributed by atoms with E-state index in [1.165, 1.54) is 11.3 Å². The molecular weight excluding hydrogens is 370 g/mol. The third kappa shape index (κ3) is 5.20. The quantitative estimate of drug-likeness (QED) is 0.642. The van der Waals surface area contributed by atoms with Crippen LogP contribution < -0.4 is 15.5 Å². The fourth-order valence-corrected chi connectivity index (χ4v) is 3.40. The van der Waals surface area contributed by atoms with Gasteiger partial charge >= 0.3 is 0 Å². The summed E-state index contributed by atoms with van der Waals surface area (Å²) in [6, 6.07) is 20.1. The molecule has 0 fully saturated rings. The lowest BCUT2D eigenvalue weighted by Crippen LogP contribution is -2.45. The van der Waals surface area contributed by atoms with Crippen LogP contribution in [-0.2, 0) is 11.2 Å². The molecule has 2 aromatic carbocycles. The molecule has 2 amide bonds. The summed E-state index contributed by atoms with van der Waals surface area (Å²) in [6.45, 7) is 0. The van der Waals surface area contributed by atoms with Crippen molar-refractivity contribution in [1.82, 2.24) is 5.32 Å². The average Bonchev–Trinajstić information content (AvgIpc) is 3.23. The Morgan fingerprint density at radius 3 is 2.29 bits per heavy atom. The molecule has 3 rings (SSSR count). The molecule has 0 spiro atoms. The number of rotatable bonds is 7. The summed E-state index contributed by atoms with van der Waals surface area (Å²) in [4.78, 5) is 28.0. The van der Waals surface area contributed by atoms with Gasteiger partial charge in [-0.3, -0.25) is 9.59 Å². The first-order valence-electron chi connectivity index (χ1n) is 8.99. The van der Waals surface area contributed by atoms with Gasteiger partial charge in [0.1, 0.15) is 6.04 Å². The monoisotopic (exact) mass is 393 g/mol. The van der Waals surface area contributed by atoms with Crippen molar-refractivity contribution in [2.24, 2.45) is 0 Å². The molecule has 3 aromatic rings. The topological polar surface area (TPSA) is 61.4 Å². The van der Waals surface area contributed by atoms with Gasteiger partial charge in [-0.25, -0.2) is 0 Å². The van der Waals surface area contributed by atoms with Crippen LogP contribution in [-0.4, -0.2) is 32.0 Å². The summed E-state index contributed by atoms with van der Waals surface area (Å²) in [5, 5.41) is 7.62. The molecule has 2 N–H and O–H groups in total. The molecule has 0 saturated heterocycles. The van der Waals surface area contributed by atoms with Crippen molar-refractivity contribution in [1.29, 1.82) is 0 Å². The van der Waals surface area contributed by atoms with E-state index >= 15 is 0 Å². The molecule has 0 aliphatic carbocycles. The van der Waals surface area contributed by atoms with E-state index in [4.69, 9.17) is 0 Å². The van der Waals surface area contributed by atoms with E-state index in [-0.39, 0.29) is 11.8 Å². The number of carbonyl (C=O) groups excluding carboxylic acids is 2. The number of hydrogen-bond donors (Lipinski definition) is 2. The minimum atomic E-state index is -0.675. The summed E-state index contributed by atoms with van der Waals surface area (Å²) in [6.07, 6.45) is 0.416. The van der Waals surface area contributed by atoms with E-state index in [0.29, 0.717) is 17.0 Å². The first kappa shape index (κ1) is 19.6. The Bertz CT molecular complexity index is 907. The van der Waals surface area contributed by atoms with Gasteiger partial charge in [-0.1, -0.05) is 36.4 Å². The molecule has 28 heavy (non-hydrogen) atoms. The van der Waals surface area contributed by atoms with E-state index in [0.717, 1.165) is 11.3 Å². The Hall–Kier alpha value is -3.12. The molecule has 0 radical (unpaired) electrons. The smallest absolute Gasteiger partial charge is 0.262 e. The Morgan fingerprint density at radius 1 is 0.964 bits per heavy atom. The highest BCUT2D eigenvalue weighted by atomic mass is 32.1. The minimum absolute atomic E-state index is 0.242. The van der Waals surface area contributed by atoms with Gasteiger partial charge in [0.05, 0.1) is 4.88 Å². The van der Waals surface area contributed by atoms with Gasteiger partial charge in [0, 0.05) is 31.9 Å². The molecule has 6 heteroatoms. The van der Waals surface area contributed by atoms with E-state index in [1.54, 1.807) is 6.07 Å². The minimum Gasteiger partial charge on any atom is -0.378 e. The summed E-state index contributed by atoms with van der Waals surface area (Å²) in [7, 11) is 3.92. The summed E-state index contributed by atoms with van der Waals surface area (Å²) in [5.74, 6) is -0.486. The first-order chi connectivity index (χ1) is 13.5. The predicted molar refractivity (Wildman–Crippen MR) is 115 cm³/mol. The van der Waals surface area contributed by atoms with Crippen LogP contribution in [0, 0.1) is 0 Å². The Kier molecular flexibility index (Phi) is 6.45. The van der Waals surface area contributed by atoms with Crippen LogP contribution in [0.3, 0.4) is 0 Å². The first-order valence-corrected chi connectivity index (χ1v) is 9.87. The van der Waals surface area contributed by atoms with E-state index in [1.807, 2.05) is 85.0 Å². The highest BCUT2D eigenvalue weighted by Gasteiger charge is 2.22. The maximum atomic E-state index is 12.9. The van der Waals surface area contributed by atoms with Gasteiger partial charge < -0.3 is 15.5 Å². The van der Waals surface area contributed by atoms with Crippen LogP contribution in [0.25, 0.3) is 0 Å². The second-order valence-corrected chi connectivity index (χ2v) is 7.57. The highest BCUT2D eigenvalue weighted by Crippen LogP contribution is 2.17. The number of thiophene rings is 1. The Labute approximate surface area is 169 Å². The number of nitrogens with one attached hydrogen (secondary N) is 2. The third-order valence-electron chi connectivity index (χ3n) is 4.30. The van der Waals surface area contributed by atoms with E-state index < -0.39 is 6.04 Å². The Balaban J connectivity index is 1.74. The van der Waals surface area contributed by atoms with Crippen molar-refractivity contribution in [2.45, 2.75) is 12.5 Å². The average molecular weight is 394 g/mol. The fourth-order valence-electron chi connectivity index (χ4n) is 2.77. The maximum absolute atomic E-state index is 12.9. The van der Waals surface area contributed by atoms with Crippen LogP contribution in [0.4, 0.5) is 11.4 Å². The summed E-state index contributed by atoms with van der Waals surface area (Å²) < 4.78 is 0. The van der Waals surface area contributed by atoms with Crippen LogP contribution >= 0.6 is 11.3 Å². The van der Waals surface area contributed by atoms with Crippen LogP contribution in [0.15, 0.2) is 72.1 Å². The summed E-state index contributed by atoms with van der Waals surface area (Å²) >= 11 is 1.35. The second kappa shape index (κ2) is 9.19. The SMILES string of the molecule is CN(C)c1ccc(NC(=O)[C@H](Cc2ccccc2)NC(=O)c2cccs2)cc1. The molecular formula is C22H23N3O2S. The van der Waals surface area contributed by atoms with Gasteiger partial charge in [-0.15, -0.1) is 11.3 Å². The van der Waals surface area contributed by atoms with Crippen molar-refractivity contribution in [3.8, 4) is 0 Å². The highest BCUT2D eigenvalue weighted by molar-refractivity contribution is 7.12. The predicted octanol–water partition coefficient (Wildman–Crippen LogP) is 3.79. The van der Waals surface area contributed by atoms with Gasteiger partial charge in [0.25, 0.3) is 5.91 Å². The standard InChI is InChI=1S/C22H23N3O2S/c1-25(2)18-12-10-17(11-13-18)23-21(26)19(15-16-7-4-3-5-8-16)24-22(27)20-9-6-14-28-20/h3-14,19H,15H2,1-2H3,(H,23,26)(H,24,27)/t19-/m0/s1. The normalized spacial score (nSPS) is 11.5. The largest absolute Gasteiger partial charge is 0.378 e. The van der Waals surface area contributed by atoms with Crippen molar-refractivity contribution in [2.75, 3.05) is 24.3 Å². The van der Waals surface area contributed by atoms with Gasteiger partial charge in [-0.2, -0.15) is 0 Å². The maximum Gasteiger partial charge on any atom is 0.262 e. The van der Waals surface area contributed by atoms with Gasteiger partial charge in [0.15, 0.2) is 0 Å². The molecule has 0 aliphatic heterocycles. The molecule has 1 aromatic heterocycles. The van der Waals surface area contributed by atoms with Crippen molar-refractivity contribution < 1.29 is 9.59 Å². The second-order valence-electron chi connectivity index (χ2n) is 6.62. The fraction of sp³-hybridized carbons (Fsp3) is 0.182. The molecule has 0 bridgehead atoms. The molecule has 0 saturated carbocycles. The summed E-state index contributed by atoms with van der Waals surface area (Å²) in [5.41, 5.74) is 2.72. The lowest BCUT2D eigenvalue weighted by molar-refractivity contribution is -0.118. The number of amides is 2. The molecule has 0 aliphatic rings. The zero-order valence-corrected chi connectivity index (χ0v) is 16.7. The van der Waals surface area contributed by atoms with Crippen LogP contribution in [0.5, 0.6) is 0 Å². The third-order valence-corrected chi connectivity index (χ3v) is 5.17. The number of benzene rings is 2. The number of nitrogens with zero attached hydrogens (tertiary/aromatic N) is 1. The number of carbonyl (C=O) groups is 2. The van der Waals surface area contributed by atoms with E-state index in [2.05, 4.69) is 10.6 Å². The lowest BCUT2D eigenvalue weighted by atomic mass is 10.0. The van der Waals surface area contributed by atoms with Crippen molar-refractivity contribution in [3.05, 3.63) is 82.6 Å². The van der Waals surface area contributed by atoms with Crippen molar-refractivity contribution in [3.63, 3.8) is 0 Å². The van der Waals surface area contributed by atoms with Crippen LogP contribution in [0.2, 0.25) is 0 Å². The molecule has 1 atom stereocenters. The number of anilines is 2. The Morgan fingerprint density at radius 2 is 1.68 bits per heavy atom. The van der Waals surface area contributed by atoms with Crippen molar-refractivity contribution >= 4 is 34.5 Å². The number of hydrogen-bond acceptors (Lipinski definition) is 4. The molecule has 144 valence electrons.